The van der Waals surface area contributed by atoms with E-state index in [-0.39, 0.29) is 29.9 Å². The number of carbonyl (C=O) groups excluding carboxylic acids is 1. The van der Waals surface area contributed by atoms with E-state index in [2.05, 4.69) is 20.5 Å². The number of rotatable bonds is 7. The minimum absolute atomic E-state index is 0. The Kier molecular flexibility index (Phi) is 13.0. The summed E-state index contributed by atoms with van der Waals surface area (Å²) in [6, 6.07) is 0. The minimum Gasteiger partial charge on any atom is -0.376 e. The van der Waals surface area contributed by atoms with Gasteiger partial charge in [-0.2, -0.15) is 0 Å². The molecule has 0 spiro atoms. The number of guanidine groups is 1. The molecule has 1 saturated carbocycles. The average molecular weight is 495 g/mol. The molecule has 0 aromatic heterocycles. The third-order valence-corrected chi connectivity index (χ3v) is 5.31. The summed E-state index contributed by atoms with van der Waals surface area (Å²) in [4.78, 5) is 19.9. The predicted octanol–water partition coefficient (Wildman–Crippen LogP) is 1.67. The number of aliphatic imine (C=N–C) groups is 1. The molecule has 0 aromatic carbocycles. The lowest BCUT2D eigenvalue weighted by atomic mass is 10.1. The zero-order chi connectivity index (χ0) is 18.6. The van der Waals surface area contributed by atoms with Crippen molar-refractivity contribution in [2.24, 2.45) is 4.99 Å². The van der Waals surface area contributed by atoms with Gasteiger partial charge in [-0.05, 0) is 12.8 Å². The lowest BCUT2D eigenvalue weighted by Crippen LogP contribution is -2.50. The first-order valence-electron chi connectivity index (χ1n) is 10.2. The number of hydrogen-bond acceptors (Lipinski definition) is 4. The maximum absolute atomic E-state index is 11.4. The van der Waals surface area contributed by atoms with Gasteiger partial charge < -0.3 is 20.3 Å². The Bertz CT molecular complexity index is 434. The van der Waals surface area contributed by atoms with E-state index in [4.69, 9.17) is 4.74 Å². The van der Waals surface area contributed by atoms with Crippen LogP contribution in [0.25, 0.3) is 0 Å². The second-order valence-corrected chi connectivity index (χ2v) is 7.26. The van der Waals surface area contributed by atoms with Crippen LogP contribution in [0, 0.1) is 0 Å². The van der Waals surface area contributed by atoms with Gasteiger partial charge in [0.05, 0.1) is 12.7 Å². The highest BCUT2D eigenvalue weighted by Crippen LogP contribution is 2.19. The fraction of sp³-hybridized carbons (Fsp3) is 0.895. The Labute approximate surface area is 181 Å². The number of amides is 1. The molecule has 8 heteroatoms. The number of ether oxygens (including phenoxy) is 1. The normalized spacial score (nSPS) is 19.9. The van der Waals surface area contributed by atoms with Crippen LogP contribution in [0.5, 0.6) is 0 Å². The van der Waals surface area contributed by atoms with E-state index >= 15 is 0 Å². The quantitative estimate of drug-likeness (QED) is 0.185. The number of hydrogen-bond donors (Lipinski definition) is 2. The van der Waals surface area contributed by atoms with Gasteiger partial charge in [-0.1, -0.05) is 25.7 Å². The van der Waals surface area contributed by atoms with E-state index in [1.165, 1.54) is 38.5 Å². The molecule has 1 saturated heterocycles. The van der Waals surface area contributed by atoms with Crippen LogP contribution in [0.3, 0.4) is 0 Å². The van der Waals surface area contributed by atoms with Crippen molar-refractivity contribution in [2.45, 2.75) is 51.6 Å². The topological polar surface area (TPSA) is 69.2 Å². The van der Waals surface area contributed by atoms with Crippen LogP contribution < -0.4 is 10.6 Å². The van der Waals surface area contributed by atoms with E-state index in [1.54, 1.807) is 14.0 Å². The molecule has 1 amide bonds. The highest BCUT2D eigenvalue weighted by Gasteiger charge is 2.18. The van der Waals surface area contributed by atoms with Crippen molar-refractivity contribution in [2.75, 3.05) is 59.5 Å². The zero-order valence-electron chi connectivity index (χ0n) is 17.0. The summed E-state index contributed by atoms with van der Waals surface area (Å²) in [6.07, 6.45) is 8.21. The standard InChI is InChI=1S/C19H37N5O2.HI/c1-17(25)24-14-12-23(13-15-24)11-9-21-19(20-2)22-10-16-26-18-7-5-3-4-6-8-18;/h18H,3-16H2,1-2H3,(H2,20,21,22);1H. The summed E-state index contributed by atoms with van der Waals surface area (Å²) in [6.45, 7) is 8.54. The van der Waals surface area contributed by atoms with Gasteiger partial charge >= 0.3 is 0 Å². The van der Waals surface area contributed by atoms with E-state index in [9.17, 15) is 4.79 Å². The predicted molar refractivity (Wildman–Crippen MR) is 121 cm³/mol. The molecule has 0 aromatic rings. The van der Waals surface area contributed by atoms with Crippen LogP contribution in [0.1, 0.15) is 45.4 Å². The molecule has 0 radical (unpaired) electrons. The molecule has 158 valence electrons. The lowest BCUT2D eigenvalue weighted by Gasteiger charge is -2.34. The Morgan fingerprint density at radius 3 is 2.26 bits per heavy atom. The van der Waals surface area contributed by atoms with Gasteiger partial charge in [0.25, 0.3) is 0 Å². The van der Waals surface area contributed by atoms with Gasteiger partial charge in [-0.3, -0.25) is 14.7 Å². The smallest absolute Gasteiger partial charge is 0.219 e. The fourth-order valence-electron chi connectivity index (χ4n) is 3.64. The summed E-state index contributed by atoms with van der Waals surface area (Å²) < 4.78 is 6.00. The molecular formula is C19H38IN5O2. The van der Waals surface area contributed by atoms with Crippen LogP contribution in [-0.2, 0) is 9.53 Å². The summed E-state index contributed by atoms with van der Waals surface area (Å²) >= 11 is 0. The van der Waals surface area contributed by atoms with Gasteiger partial charge in [-0.25, -0.2) is 0 Å². The first-order valence-corrected chi connectivity index (χ1v) is 10.2. The van der Waals surface area contributed by atoms with Crippen molar-refractivity contribution < 1.29 is 9.53 Å². The molecule has 0 unspecified atom stereocenters. The second-order valence-electron chi connectivity index (χ2n) is 7.26. The number of nitrogens with zero attached hydrogens (tertiary/aromatic N) is 3. The minimum atomic E-state index is 0. The van der Waals surface area contributed by atoms with Crippen LogP contribution in [0.2, 0.25) is 0 Å². The van der Waals surface area contributed by atoms with Crippen molar-refractivity contribution in [1.29, 1.82) is 0 Å². The van der Waals surface area contributed by atoms with Crippen molar-refractivity contribution in [3.05, 3.63) is 0 Å². The summed E-state index contributed by atoms with van der Waals surface area (Å²) in [5.41, 5.74) is 0. The highest BCUT2D eigenvalue weighted by atomic mass is 127. The Balaban J connectivity index is 0.00000364. The van der Waals surface area contributed by atoms with Crippen LogP contribution in [0.15, 0.2) is 4.99 Å². The molecular weight excluding hydrogens is 457 g/mol. The molecule has 27 heavy (non-hydrogen) atoms. The average Bonchev–Trinajstić information content (AvgIpc) is 2.93. The molecule has 1 aliphatic carbocycles. The molecule has 1 aliphatic heterocycles. The molecule has 0 bridgehead atoms. The van der Waals surface area contributed by atoms with Crippen molar-refractivity contribution >= 4 is 35.8 Å². The summed E-state index contributed by atoms with van der Waals surface area (Å²) in [5.74, 6) is 1.01. The Morgan fingerprint density at radius 1 is 1.04 bits per heavy atom. The molecule has 2 rings (SSSR count). The van der Waals surface area contributed by atoms with Crippen molar-refractivity contribution in [3.8, 4) is 0 Å². The molecule has 0 atom stereocenters. The molecule has 1 heterocycles. The first-order chi connectivity index (χ1) is 12.7. The number of halogens is 1. The molecule has 2 aliphatic rings. The van der Waals surface area contributed by atoms with Gasteiger partial charge in [0.15, 0.2) is 5.96 Å². The van der Waals surface area contributed by atoms with Crippen molar-refractivity contribution in [3.63, 3.8) is 0 Å². The largest absolute Gasteiger partial charge is 0.376 e. The molecule has 7 nitrogen and oxygen atoms in total. The third-order valence-electron chi connectivity index (χ3n) is 5.31. The van der Waals surface area contributed by atoms with Gasteiger partial charge in [0, 0.05) is 59.8 Å². The monoisotopic (exact) mass is 495 g/mol. The highest BCUT2D eigenvalue weighted by molar-refractivity contribution is 14.0. The maximum Gasteiger partial charge on any atom is 0.219 e. The third kappa shape index (κ3) is 9.94. The zero-order valence-corrected chi connectivity index (χ0v) is 19.4. The van der Waals surface area contributed by atoms with E-state index in [0.717, 1.165) is 58.4 Å². The van der Waals surface area contributed by atoms with Crippen LogP contribution in [0.4, 0.5) is 0 Å². The van der Waals surface area contributed by atoms with Gasteiger partial charge in [-0.15, -0.1) is 24.0 Å². The number of piperazine rings is 1. The Hall–Kier alpha value is -0.610. The van der Waals surface area contributed by atoms with Gasteiger partial charge in [0.2, 0.25) is 5.91 Å². The number of carbonyl (C=O) groups is 1. The Morgan fingerprint density at radius 2 is 1.67 bits per heavy atom. The van der Waals surface area contributed by atoms with Gasteiger partial charge in [0.1, 0.15) is 0 Å². The molecule has 2 N–H and O–H groups in total. The van der Waals surface area contributed by atoms with E-state index in [0.29, 0.717) is 6.10 Å². The second kappa shape index (κ2) is 14.4. The van der Waals surface area contributed by atoms with Crippen molar-refractivity contribution in [1.82, 2.24) is 20.4 Å². The fourth-order valence-corrected chi connectivity index (χ4v) is 3.64. The van der Waals surface area contributed by atoms with Crippen LogP contribution >= 0.6 is 24.0 Å². The SMILES string of the molecule is CN=C(NCCOC1CCCCCC1)NCCN1CCN(C(C)=O)CC1.I. The summed E-state index contributed by atoms with van der Waals surface area (Å²) in [7, 11) is 1.80. The van der Waals surface area contributed by atoms with E-state index in [1.807, 2.05) is 4.90 Å². The van der Waals surface area contributed by atoms with E-state index < -0.39 is 0 Å². The van der Waals surface area contributed by atoms with Crippen LogP contribution in [-0.4, -0.2) is 87.2 Å². The number of nitrogens with one attached hydrogen (secondary N) is 2. The lowest BCUT2D eigenvalue weighted by molar-refractivity contribution is -0.130. The maximum atomic E-state index is 11.4. The first kappa shape index (κ1) is 24.4. The summed E-state index contributed by atoms with van der Waals surface area (Å²) in [5, 5.41) is 6.69. The molecule has 2 fully saturated rings.